The molecule has 10 nitrogen and oxygen atoms in total. The van der Waals surface area contributed by atoms with Crippen molar-refractivity contribution in [1.29, 1.82) is 0 Å². The SMILES string of the molecule is CN(C)C1CN(c2nc(N=S3(=O)CCN(C(=O)OC(C)(C)C)CC3)c3cc(Cl)c(-c4cc(O)cc5ccccc45)c(F)c3n2)C1. The van der Waals surface area contributed by atoms with Gasteiger partial charge in [0.1, 0.15) is 16.9 Å². The second-order valence-electron chi connectivity index (χ2n) is 12.8. The molecule has 1 aromatic heterocycles. The van der Waals surface area contributed by atoms with Crippen LogP contribution < -0.4 is 4.90 Å². The fourth-order valence-electron chi connectivity index (χ4n) is 5.55. The van der Waals surface area contributed by atoms with Gasteiger partial charge in [0.2, 0.25) is 5.95 Å². The van der Waals surface area contributed by atoms with Gasteiger partial charge in [0.05, 0.1) is 31.6 Å². The minimum atomic E-state index is -2.86. The van der Waals surface area contributed by atoms with Crippen LogP contribution in [-0.4, -0.2) is 98.6 Å². The van der Waals surface area contributed by atoms with E-state index in [9.17, 15) is 14.1 Å². The van der Waals surface area contributed by atoms with Crippen LogP contribution in [0, 0.1) is 5.82 Å². The van der Waals surface area contributed by atoms with Crippen molar-refractivity contribution < 1.29 is 23.2 Å². The maximum Gasteiger partial charge on any atom is 0.410 e. The number of amides is 1. The lowest BCUT2D eigenvalue weighted by Gasteiger charge is -2.42. The first kappa shape index (κ1) is 31.3. The molecule has 2 saturated heterocycles. The predicted molar refractivity (Wildman–Crippen MR) is 177 cm³/mol. The molecule has 238 valence electrons. The van der Waals surface area contributed by atoms with E-state index in [0.29, 0.717) is 24.0 Å². The van der Waals surface area contributed by atoms with Gasteiger partial charge >= 0.3 is 6.09 Å². The van der Waals surface area contributed by atoms with Gasteiger partial charge in [0, 0.05) is 37.8 Å². The molecule has 0 unspecified atom stereocenters. The lowest BCUT2D eigenvalue weighted by atomic mass is 9.96. The lowest BCUT2D eigenvalue weighted by Crippen LogP contribution is -2.58. The molecule has 2 aliphatic heterocycles. The molecule has 0 saturated carbocycles. The number of carbonyl (C=O) groups is 1. The van der Waals surface area contributed by atoms with E-state index < -0.39 is 27.2 Å². The summed E-state index contributed by atoms with van der Waals surface area (Å²) in [6, 6.07) is 12.3. The number of likely N-dealkylation sites (N-methyl/N-ethyl adjacent to an activating group) is 1. The zero-order valence-electron chi connectivity index (χ0n) is 25.9. The Bertz CT molecular complexity index is 1940. The summed E-state index contributed by atoms with van der Waals surface area (Å²) in [5, 5.41) is 12.2. The van der Waals surface area contributed by atoms with Crippen molar-refractivity contribution >= 4 is 60.9 Å². The molecule has 0 spiro atoms. The van der Waals surface area contributed by atoms with E-state index in [0.717, 1.165) is 5.39 Å². The van der Waals surface area contributed by atoms with Crippen LogP contribution in [0.4, 0.5) is 21.0 Å². The number of ether oxygens (including phenoxy) is 1. The van der Waals surface area contributed by atoms with Crippen molar-refractivity contribution in [2.45, 2.75) is 32.4 Å². The molecule has 0 radical (unpaired) electrons. The molecule has 3 aromatic carbocycles. The van der Waals surface area contributed by atoms with E-state index >= 15 is 4.39 Å². The van der Waals surface area contributed by atoms with E-state index in [2.05, 4.69) is 19.2 Å². The number of benzene rings is 3. The number of hydrogen-bond donors (Lipinski definition) is 1. The van der Waals surface area contributed by atoms with E-state index in [1.165, 1.54) is 11.0 Å². The molecule has 1 amide bonds. The van der Waals surface area contributed by atoms with Crippen molar-refractivity contribution in [2.75, 3.05) is 56.7 Å². The fourth-order valence-corrected chi connectivity index (χ4v) is 7.70. The number of nitrogens with zero attached hydrogens (tertiary/aromatic N) is 6. The zero-order chi connectivity index (χ0) is 32.3. The van der Waals surface area contributed by atoms with Gasteiger partial charge in [-0.2, -0.15) is 9.35 Å². The molecular weight excluding hydrogens is 619 g/mol. The lowest BCUT2D eigenvalue weighted by molar-refractivity contribution is 0.0268. The number of rotatable bonds is 4. The Balaban J connectivity index is 1.47. The summed E-state index contributed by atoms with van der Waals surface area (Å²) in [6.45, 7) is 7.06. The van der Waals surface area contributed by atoms with Gasteiger partial charge in [-0.3, -0.25) is 0 Å². The minimum absolute atomic E-state index is 0.00642. The molecule has 45 heavy (non-hydrogen) atoms. The number of aromatic nitrogens is 2. The van der Waals surface area contributed by atoms with Crippen LogP contribution in [0.2, 0.25) is 5.02 Å². The monoisotopic (exact) mass is 654 g/mol. The highest BCUT2D eigenvalue weighted by Crippen LogP contribution is 2.43. The van der Waals surface area contributed by atoms with Crippen LogP contribution >= 0.6 is 11.6 Å². The molecule has 6 rings (SSSR count). The quantitative estimate of drug-likeness (QED) is 0.283. The predicted octanol–water partition coefficient (Wildman–Crippen LogP) is 6.05. The van der Waals surface area contributed by atoms with Crippen molar-refractivity contribution in [3.05, 3.63) is 53.3 Å². The first-order valence-corrected chi connectivity index (χ1v) is 17.0. The third-order valence-electron chi connectivity index (χ3n) is 8.11. The summed E-state index contributed by atoms with van der Waals surface area (Å²) in [5.74, 6) is -0.115. The topological polar surface area (TPSA) is 111 Å². The molecule has 0 atom stereocenters. The van der Waals surface area contributed by atoms with Crippen molar-refractivity contribution in [3.8, 4) is 16.9 Å². The standard InChI is InChI=1S/C32H36ClFN6O4S/c1-32(2,3)44-31(42)39-10-12-45(43,13-11-39)37-29-24-16-25(33)26(23-15-21(41)14-19-8-6-7-9-22(19)23)27(34)28(24)35-30(36-29)40-17-20(18-40)38(4)5/h6-9,14-16,20,41H,10-13,17-18H2,1-5H3. The summed E-state index contributed by atoms with van der Waals surface area (Å²) < 4.78 is 40.9. The normalized spacial score (nSPS) is 17.2. The van der Waals surface area contributed by atoms with E-state index in [4.69, 9.17) is 16.3 Å². The number of halogens is 2. The Morgan fingerprint density at radius 3 is 2.47 bits per heavy atom. The van der Waals surface area contributed by atoms with Crippen molar-refractivity contribution in [2.24, 2.45) is 4.36 Å². The van der Waals surface area contributed by atoms with Crippen LogP contribution in [0.25, 0.3) is 32.8 Å². The molecule has 13 heteroatoms. The van der Waals surface area contributed by atoms with Crippen molar-refractivity contribution in [3.63, 3.8) is 0 Å². The third kappa shape index (κ3) is 6.23. The highest BCUT2D eigenvalue weighted by molar-refractivity contribution is 7.93. The molecule has 3 heterocycles. The first-order chi connectivity index (χ1) is 21.2. The van der Waals surface area contributed by atoms with Crippen LogP contribution in [0.15, 0.2) is 46.8 Å². The summed E-state index contributed by atoms with van der Waals surface area (Å²) in [6.07, 6.45) is -0.465. The number of aromatic hydroxyl groups is 1. The number of carbonyl (C=O) groups excluding carboxylic acids is 1. The maximum absolute atomic E-state index is 16.7. The van der Waals surface area contributed by atoms with Crippen LogP contribution in [0.3, 0.4) is 0 Å². The van der Waals surface area contributed by atoms with Crippen molar-refractivity contribution in [1.82, 2.24) is 19.8 Å². The maximum atomic E-state index is 16.7. The van der Waals surface area contributed by atoms with E-state index in [1.54, 1.807) is 32.9 Å². The van der Waals surface area contributed by atoms with Gasteiger partial charge in [-0.1, -0.05) is 35.9 Å². The highest BCUT2D eigenvalue weighted by Gasteiger charge is 2.33. The summed E-state index contributed by atoms with van der Waals surface area (Å²) >= 11 is 6.78. The Morgan fingerprint density at radius 2 is 1.80 bits per heavy atom. The smallest absolute Gasteiger partial charge is 0.410 e. The third-order valence-corrected chi connectivity index (χ3v) is 10.6. The summed E-state index contributed by atoms with van der Waals surface area (Å²) in [4.78, 5) is 27.5. The molecule has 4 aromatic rings. The number of hydrogen-bond acceptors (Lipinski definition) is 9. The average Bonchev–Trinajstić information content (AvgIpc) is 2.92. The molecule has 2 aliphatic rings. The number of anilines is 1. The highest BCUT2D eigenvalue weighted by atomic mass is 35.5. The Labute approximate surface area is 266 Å². The zero-order valence-corrected chi connectivity index (χ0v) is 27.5. The summed E-state index contributed by atoms with van der Waals surface area (Å²) in [7, 11) is 1.12. The van der Waals surface area contributed by atoms with Gasteiger partial charge in [0.15, 0.2) is 11.6 Å². The van der Waals surface area contributed by atoms with Crippen LogP contribution in [-0.2, 0) is 14.5 Å². The Morgan fingerprint density at radius 1 is 1.11 bits per heavy atom. The fraction of sp³-hybridized carbons (Fsp3) is 0.406. The van der Waals surface area contributed by atoms with Gasteiger partial charge in [0.25, 0.3) is 0 Å². The van der Waals surface area contributed by atoms with E-state index in [1.807, 2.05) is 43.3 Å². The second-order valence-corrected chi connectivity index (χ2v) is 15.7. The number of phenolic OH excluding ortho intramolecular Hbond substituents is 1. The molecule has 2 fully saturated rings. The van der Waals surface area contributed by atoms with Crippen LogP contribution in [0.1, 0.15) is 20.8 Å². The van der Waals surface area contributed by atoms with Gasteiger partial charge in [-0.05, 0) is 69.4 Å². The number of phenols is 1. The van der Waals surface area contributed by atoms with Gasteiger partial charge in [-0.25, -0.2) is 18.4 Å². The van der Waals surface area contributed by atoms with Gasteiger partial charge in [-0.15, -0.1) is 0 Å². The Kier molecular flexibility index (Phi) is 8.03. The average molecular weight is 655 g/mol. The Hall–Kier alpha value is -3.74. The molecular formula is C32H36ClFN6O4S. The number of fused-ring (bicyclic) bond motifs is 2. The van der Waals surface area contributed by atoms with E-state index in [-0.39, 0.29) is 69.6 Å². The molecule has 0 aliphatic carbocycles. The van der Waals surface area contributed by atoms with Crippen LogP contribution in [0.5, 0.6) is 5.75 Å². The minimum Gasteiger partial charge on any atom is -0.508 e. The summed E-state index contributed by atoms with van der Waals surface area (Å²) in [5.41, 5.74) is -0.137. The first-order valence-electron chi connectivity index (χ1n) is 14.7. The second kappa shape index (κ2) is 11.6. The molecule has 0 bridgehead atoms. The largest absolute Gasteiger partial charge is 0.508 e. The molecule has 1 N–H and O–H groups in total. The van der Waals surface area contributed by atoms with Gasteiger partial charge < -0.3 is 24.5 Å².